The number of carbonyl (C=O) groups excluding carboxylic acids is 2. The second-order valence-electron chi connectivity index (χ2n) is 9.81. The molecule has 192 valence electrons. The third kappa shape index (κ3) is 5.79. The van der Waals surface area contributed by atoms with Crippen LogP contribution in [-0.4, -0.2) is 43.0 Å². The van der Waals surface area contributed by atoms with E-state index in [1.54, 1.807) is 56.8 Å². The molecule has 1 aliphatic rings. The van der Waals surface area contributed by atoms with Crippen LogP contribution < -0.4 is 9.62 Å². The molecule has 0 bridgehead atoms. The molecule has 36 heavy (non-hydrogen) atoms. The average molecular weight is 552 g/mol. The molecular weight excluding hydrogens is 525 g/mol. The molecule has 1 saturated carbocycles. The summed E-state index contributed by atoms with van der Waals surface area (Å²) in [5.74, 6) is -0.904. The van der Waals surface area contributed by atoms with Gasteiger partial charge in [0.1, 0.15) is 12.1 Å². The fraction of sp³-hybridized carbons (Fsp3) is 0.360. The first-order chi connectivity index (χ1) is 16.7. The summed E-state index contributed by atoms with van der Waals surface area (Å²) in [6.45, 7) is 4.52. The van der Waals surface area contributed by atoms with Crippen molar-refractivity contribution in [1.29, 1.82) is 0 Å². The van der Waals surface area contributed by atoms with Crippen molar-refractivity contribution in [3.8, 4) is 0 Å². The molecule has 1 amide bonds. The van der Waals surface area contributed by atoms with Crippen molar-refractivity contribution >= 4 is 61.7 Å². The Bertz CT molecular complexity index is 1440. The zero-order chi connectivity index (χ0) is 26.4. The summed E-state index contributed by atoms with van der Waals surface area (Å²) in [5, 5.41) is 3.92. The Morgan fingerprint density at radius 3 is 2.33 bits per heavy atom. The number of halogens is 2. The molecular formula is C25H27Cl2N3O5S. The first kappa shape index (κ1) is 26.3. The summed E-state index contributed by atoms with van der Waals surface area (Å²) in [4.78, 5) is 25.3. The van der Waals surface area contributed by atoms with E-state index >= 15 is 0 Å². The highest BCUT2D eigenvalue weighted by atomic mass is 35.5. The van der Waals surface area contributed by atoms with Crippen LogP contribution in [0.25, 0.3) is 10.9 Å². The predicted octanol–water partition coefficient (Wildman–Crippen LogP) is 4.91. The largest absolute Gasteiger partial charge is 0.459 e. The Kier molecular flexibility index (Phi) is 7.02. The number of hydrogen-bond donors (Lipinski definition) is 1. The summed E-state index contributed by atoms with van der Waals surface area (Å²) in [6, 6.07) is 9.02. The summed E-state index contributed by atoms with van der Waals surface area (Å²) < 4.78 is 35.6. The Balaban J connectivity index is 1.79. The zero-order valence-corrected chi connectivity index (χ0v) is 22.7. The summed E-state index contributed by atoms with van der Waals surface area (Å²) in [6.07, 6.45) is 3.63. The van der Waals surface area contributed by atoms with Gasteiger partial charge in [-0.05, 0) is 70.0 Å². The molecule has 2 aromatic carbocycles. The summed E-state index contributed by atoms with van der Waals surface area (Å²) in [7, 11) is -2.51. The number of sulfonamides is 1. The normalized spacial score (nSPS) is 14.1. The number of aryl methyl sites for hydroxylation is 1. The highest BCUT2D eigenvalue weighted by molar-refractivity contribution is 7.92. The number of nitrogens with zero attached hydrogens (tertiary/aromatic N) is 2. The van der Waals surface area contributed by atoms with Crippen molar-refractivity contribution in [1.82, 2.24) is 9.88 Å². The molecule has 1 aromatic heterocycles. The maximum atomic E-state index is 13.7. The first-order valence-electron chi connectivity index (χ1n) is 11.4. The van der Waals surface area contributed by atoms with E-state index in [4.69, 9.17) is 27.9 Å². The van der Waals surface area contributed by atoms with E-state index in [-0.39, 0.29) is 32.6 Å². The number of ether oxygens (including phenoxy) is 1. The SMILES string of the molecule is Cn1cc(C(=O)NC2CC2)c2ccc(N(CC(=O)OC(C)(C)C)S(=O)(=O)c3cc(Cl)cc(Cl)c3)cc21. The minimum absolute atomic E-state index is 0.141. The summed E-state index contributed by atoms with van der Waals surface area (Å²) in [5.41, 5.74) is 0.536. The molecule has 11 heteroatoms. The molecule has 1 N–H and O–H groups in total. The topological polar surface area (TPSA) is 97.7 Å². The molecule has 0 unspecified atom stereocenters. The number of nitrogens with one attached hydrogen (secondary N) is 1. The maximum Gasteiger partial charge on any atom is 0.327 e. The van der Waals surface area contributed by atoms with Gasteiger partial charge in [-0.15, -0.1) is 0 Å². The number of esters is 1. The molecule has 0 atom stereocenters. The van der Waals surface area contributed by atoms with E-state index in [2.05, 4.69) is 5.32 Å². The van der Waals surface area contributed by atoms with Gasteiger partial charge in [0.2, 0.25) is 0 Å². The second kappa shape index (κ2) is 9.61. The van der Waals surface area contributed by atoms with Crippen molar-refractivity contribution in [2.45, 2.75) is 50.2 Å². The second-order valence-corrected chi connectivity index (χ2v) is 12.5. The molecule has 1 heterocycles. The van der Waals surface area contributed by atoms with E-state index < -0.39 is 28.1 Å². The van der Waals surface area contributed by atoms with E-state index in [1.165, 1.54) is 18.2 Å². The molecule has 0 aliphatic heterocycles. The monoisotopic (exact) mass is 551 g/mol. The third-order valence-corrected chi connectivity index (χ3v) is 7.72. The van der Waals surface area contributed by atoms with Crippen molar-refractivity contribution < 1.29 is 22.7 Å². The van der Waals surface area contributed by atoms with Crippen LogP contribution in [-0.2, 0) is 26.6 Å². The van der Waals surface area contributed by atoms with Crippen molar-refractivity contribution in [3.05, 3.63) is 58.2 Å². The van der Waals surface area contributed by atoms with Crippen LogP contribution in [0.15, 0.2) is 47.5 Å². The minimum Gasteiger partial charge on any atom is -0.459 e. The average Bonchev–Trinajstić information content (AvgIpc) is 3.51. The Hall–Kier alpha value is -2.75. The standard InChI is InChI=1S/C25H27Cl2N3O5S/c1-25(2,3)35-23(31)14-30(36(33,34)19-10-15(26)9-16(27)11-19)18-7-8-20-21(13-29(4)22(20)12-18)24(32)28-17-5-6-17/h7-13,17H,5-6,14H2,1-4H3,(H,28,32). The van der Waals surface area contributed by atoms with Gasteiger partial charge < -0.3 is 14.6 Å². The molecule has 1 fully saturated rings. The molecule has 8 nitrogen and oxygen atoms in total. The first-order valence-corrected chi connectivity index (χ1v) is 13.5. The minimum atomic E-state index is -4.27. The molecule has 4 rings (SSSR count). The number of benzene rings is 2. The van der Waals surface area contributed by atoms with Gasteiger partial charge in [0.25, 0.3) is 15.9 Å². The highest BCUT2D eigenvalue weighted by Gasteiger charge is 2.31. The van der Waals surface area contributed by atoms with E-state index in [1.807, 2.05) is 0 Å². The number of fused-ring (bicyclic) bond motifs is 1. The number of carbonyl (C=O) groups is 2. The third-order valence-electron chi connectivity index (χ3n) is 5.54. The number of amides is 1. The van der Waals surface area contributed by atoms with Gasteiger partial charge in [-0.3, -0.25) is 13.9 Å². The smallest absolute Gasteiger partial charge is 0.327 e. The van der Waals surface area contributed by atoms with Crippen molar-refractivity contribution in [2.75, 3.05) is 10.8 Å². The van der Waals surface area contributed by atoms with Gasteiger partial charge in [0.05, 0.1) is 21.7 Å². The predicted molar refractivity (Wildman–Crippen MR) is 140 cm³/mol. The number of hydrogen-bond acceptors (Lipinski definition) is 5. The van der Waals surface area contributed by atoms with E-state index in [0.717, 1.165) is 17.1 Å². The lowest BCUT2D eigenvalue weighted by molar-refractivity contribution is -0.152. The number of aromatic nitrogens is 1. The van der Waals surface area contributed by atoms with E-state index in [9.17, 15) is 18.0 Å². The number of anilines is 1. The van der Waals surface area contributed by atoms with Crippen LogP contribution in [0.5, 0.6) is 0 Å². The Morgan fingerprint density at radius 2 is 1.75 bits per heavy atom. The van der Waals surface area contributed by atoms with Crippen molar-refractivity contribution in [2.24, 2.45) is 7.05 Å². The highest BCUT2D eigenvalue weighted by Crippen LogP contribution is 2.32. The molecule has 3 aromatic rings. The van der Waals surface area contributed by atoms with E-state index in [0.29, 0.717) is 16.5 Å². The summed E-state index contributed by atoms with van der Waals surface area (Å²) >= 11 is 12.1. The fourth-order valence-electron chi connectivity index (χ4n) is 3.81. The van der Waals surface area contributed by atoms with Crippen LogP contribution in [0.2, 0.25) is 10.0 Å². The van der Waals surface area contributed by atoms with Gasteiger partial charge >= 0.3 is 5.97 Å². The zero-order valence-electron chi connectivity index (χ0n) is 20.3. The number of rotatable bonds is 7. The van der Waals surface area contributed by atoms with Crippen LogP contribution in [0, 0.1) is 0 Å². The maximum absolute atomic E-state index is 13.7. The van der Waals surface area contributed by atoms with Crippen LogP contribution >= 0.6 is 23.2 Å². The Labute approximate surface area is 220 Å². The Morgan fingerprint density at radius 1 is 1.11 bits per heavy atom. The van der Waals surface area contributed by atoms with Gasteiger partial charge in [-0.2, -0.15) is 0 Å². The fourth-order valence-corrected chi connectivity index (χ4v) is 5.94. The molecule has 0 radical (unpaired) electrons. The van der Waals surface area contributed by atoms with Crippen LogP contribution in [0.4, 0.5) is 5.69 Å². The quantitative estimate of drug-likeness (QED) is 0.420. The van der Waals surface area contributed by atoms with Gasteiger partial charge in [0.15, 0.2) is 0 Å². The van der Waals surface area contributed by atoms with Crippen molar-refractivity contribution in [3.63, 3.8) is 0 Å². The van der Waals surface area contributed by atoms with Gasteiger partial charge in [0, 0.05) is 34.7 Å². The lowest BCUT2D eigenvalue weighted by atomic mass is 10.1. The van der Waals surface area contributed by atoms with Gasteiger partial charge in [-0.25, -0.2) is 8.42 Å². The van der Waals surface area contributed by atoms with Crippen LogP contribution in [0.3, 0.4) is 0 Å². The molecule has 1 aliphatic carbocycles. The molecule has 0 saturated heterocycles. The lowest BCUT2D eigenvalue weighted by Gasteiger charge is -2.26. The lowest BCUT2D eigenvalue weighted by Crippen LogP contribution is -2.39. The van der Waals surface area contributed by atoms with Gasteiger partial charge in [-0.1, -0.05) is 23.2 Å². The molecule has 0 spiro atoms. The van der Waals surface area contributed by atoms with Crippen LogP contribution in [0.1, 0.15) is 44.0 Å².